The molecule has 0 rings (SSSR count). The van der Waals surface area contributed by atoms with Crippen LogP contribution in [0.4, 0.5) is 0 Å². The smallest absolute Gasteiger partial charge is 0.335 e. The molecule has 0 atom stereocenters. The summed E-state index contributed by atoms with van der Waals surface area (Å²) in [7, 11) is 0. The summed E-state index contributed by atoms with van der Waals surface area (Å²) in [6.07, 6.45) is 1.40. The number of carbonyl (C=O) groups is 1. The molecule has 0 aromatic rings. The van der Waals surface area contributed by atoms with E-state index in [1.54, 1.807) is 0 Å². The van der Waals surface area contributed by atoms with Crippen LogP contribution >= 0.6 is 0 Å². The minimum atomic E-state index is -2.40. The lowest BCUT2D eigenvalue weighted by atomic mass is 10.3. The van der Waals surface area contributed by atoms with Crippen molar-refractivity contribution >= 4 is 5.97 Å². The summed E-state index contributed by atoms with van der Waals surface area (Å²) in [4.78, 5) is 10.4. The Hall–Kier alpha value is -1.33. The second-order valence-electron chi connectivity index (χ2n) is 2.16. The zero-order valence-electron chi connectivity index (χ0n) is 6.52. The molecule has 0 saturated carbocycles. The van der Waals surface area contributed by atoms with Gasteiger partial charge in [-0.15, -0.1) is 0 Å². The maximum atomic E-state index is 10.4. The topological polar surface area (TPSA) is 87.0 Å². The van der Waals surface area contributed by atoms with Gasteiger partial charge in [0.05, 0.1) is 0 Å². The molecule has 5 nitrogen and oxygen atoms in total. The van der Waals surface area contributed by atoms with Crippen molar-refractivity contribution in [2.45, 2.75) is 12.7 Å². The maximum absolute atomic E-state index is 10.4. The summed E-state index contributed by atoms with van der Waals surface area (Å²) in [5.74, 6) is -4.06. The van der Waals surface area contributed by atoms with Gasteiger partial charge in [0.25, 0.3) is 0 Å². The van der Waals surface area contributed by atoms with Gasteiger partial charge in [-0.2, -0.15) is 0 Å². The van der Waals surface area contributed by atoms with Crippen molar-refractivity contribution in [3.05, 3.63) is 24.7 Å². The monoisotopic (exact) mass is 174 g/mol. The van der Waals surface area contributed by atoms with E-state index in [0.717, 1.165) is 13.0 Å². The molecule has 0 fully saturated rings. The quantitative estimate of drug-likeness (QED) is 0.239. The Bertz CT molecular complexity index is 210. The fourth-order valence-electron chi connectivity index (χ4n) is 0.274. The molecule has 0 aromatic carbocycles. The minimum Gasteiger partial charge on any atom is -0.505 e. The summed E-state index contributed by atoms with van der Waals surface area (Å²) in [6.45, 7) is 4.01. The van der Waals surface area contributed by atoms with Crippen molar-refractivity contribution < 1.29 is 24.9 Å². The van der Waals surface area contributed by atoms with Crippen molar-refractivity contribution in [3.63, 3.8) is 0 Å². The van der Waals surface area contributed by atoms with Crippen LogP contribution in [0.2, 0.25) is 0 Å². The van der Waals surface area contributed by atoms with Gasteiger partial charge in [0.2, 0.25) is 5.79 Å². The van der Waals surface area contributed by atoms with Gasteiger partial charge in [-0.3, -0.25) is 0 Å². The molecular weight excluding hydrogens is 164 g/mol. The second kappa shape index (κ2) is 3.89. The Morgan fingerprint density at radius 2 is 2.08 bits per heavy atom. The Morgan fingerprint density at radius 3 is 2.42 bits per heavy atom. The van der Waals surface area contributed by atoms with Gasteiger partial charge in [0.1, 0.15) is 6.26 Å². The Labute approximate surface area is 69.2 Å². The first-order valence-electron chi connectivity index (χ1n) is 3.05. The third-order valence-corrected chi connectivity index (χ3v) is 0.939. The summed E-state index contributed by atoms with van der Waals surface area (Å²) in [6, 6.07) is 0. The molecular formula is C7H10O5. The highest BCUT2D eigenvalue weighted by atomic mass is 16.5. The molecule has 0 unspecified atom stereocenters. The van der Waals surface area contributed by atoms with Crippen molar-refractivity contribution in [1.29, 1.82) is 0 Å². The van der Waals surface area contributed by atoms with Gasteiger partial charge < -0.3 is 20.1 Å². The first-order chi connectivity index (χ1) is 5.38. The standard InChI is InChI=1S/C7H10O5/c1-3-6(9)12-4-5(8)7(2,10)11/h3-4,8,10-11H,1H2,2H3/b5-4-. The normalized spacial score (nSPS) is 12.4. The third kappa shape index (κ3) is 3.75. The zero-order valence-corrected chi connectivity index (χ0v) is 6.52. The first kappa shape index (κ1) is 10.7. The molecule has 0 amide bonds. The van der Waals surface area contributed by atoms with Crippen LogP contribution in [0, 0.1) is 0 Å². The van der Waals surface area contributed by atoms with Crippen LogP contribution in [-0.4, -0.2) is 27.1 Å². The predicted octanol–water partition coefficient (Wildman–Crippen LogP) is -0.184. The molecule has 0 heterocycles. The summed E-state index contributed by atoms with van der Waals surface area (Å²) in [5, 5.41) is 26.2. The van der Waals surface area contributed by atoms with Crippen molar-refractivity contribution in [2.75, 3.05) is 0 Å². The van der Waals surface area contributed by atoms with Crippen LogP contribution in [0.3, 0.4) is 0 Å². The van der Waals surface area contributed by atoms with Crippen molar-refractivity contribution in [3.8, 4) is 0 Å². The fraction of sp³-hybridized carbons (Fsp3) is 0.286. The number of esters is 1. The Kier molecular flexibility index (Phi) is 3.46. The van der Waals surface area contributed by atoms with Gasteiger partial charge in [-0.1, -0.05) is 6.58 Å². The lowest BCUT2D eigenvalue weighted by molar-refractivity contribution is -0.142. The van der Waals surface area contributed by atoms with Gasteiger partial charge in [-0.05, 0) is 6.92 Å². The highest BCUT2D eigenvalue weighted by Gasteiger charge is 2.21. The van der Waals surface area contributed by atoms with Crippen molar-refractivity contribution in [1.82, 2.24) is 0 Å². The van der Waals surface area contributed by atoms with E-state index in [1.165, 1.54) is 0 Å². The molecule has 0 aliphatic heterocycles. The van der Waals surface area contributed by atoms with E-state index >= 15 is 0 Å². The number of ether oxygens (including phenoxy) is 1. The number of hydrogen-bond donors (Lipinski definition) is 3. The fourth-order valence-corrected chi connectivity index (χ4v) is 0.274. The van der Waals surface area contributed by atoms with Crippen LogP contribution in [0.25, 0.3) is 0 Å². The lowest BCUT2D eigenvalue weighted by Crippen LogP contribution is -2.26. The van der Waals surface area contributed by atoms with Gasteiger partial charge in [0.15, 0.2) is 5.76 Å². The molecule has 0 aliphatic rings. The van der Waals surface area contributed by atoms with Crippen LogP contribution < -0.4 is 0 Å². The minimum absolute atomic E-state index is 0.532. The molecule has 3 N–H and O–H groups in total. The van der Waals surface area contributed by atoms with E-state index in [-0.39, 0.29) is 0 Å². The van der Waals surface area contributed by atoms with E-state index in [0.29, 0.717) is 6.26 Å². The molecule has 0 bridgehead atoms. The van der Waals surface area contributed by atoms with Gasteiger partial charge in [0, 0.05) is 6.08 Å². The molecule has 5 heteroatoms. The molecule has 0 saturated heterocycles. The Balaban J connectivity index is 4.20. The zero-order chi connectivity index (χ0) is 9.78. The molecule has 0 aromatic heterocycles. The average Bonchev–Trinajstić information content (AvgIpc) is 1.97. The maximum Gasteiger partial charge on any atom is 0.335 e. The highest BCUT2D eigenvalue weighted by Crippen LogP contribution is 2.08. The lowest BCUT2D eigenvalue weighted by Gasteiger charge is -2.13. The van der Waals surface area contributed by atoms with Crippen LogP contribution in [0.5, 0.6) is 0 Å². The largest absolute Gasteiger partial charge is 0.505 e. The SMILES string of the molecule is C=CC(=O)O/C=C(\O)C(C)(O)O. The summed E-state index contributed by atoms with van der Waals surface area (Å²) in [5.41, 5.74) is 0. The molecule has 0 radical (unpaired) electrons. The molecule has 12 heavy (non-hydrogen) atoms. The van der Waals surface area contributed by atoms with E-state index in [9.17, 15) is 4.79 Å². The molecule has 0 aliphatic carbocycles. The summed E-state index contributed by atoms with van der Waals surface area (Å²) >= 11 is 0. The van der Waals surface area contributed by atoms with Crippen LogP contribution in [0.15, 0.2) is 24.7 Å². The van der Waals surface area contributed by atoms with Crippen LogP contribution in [-0.2, 0) is 9.53 Å². The van der Waals surface area contributed by atoms with Crippen molar-refractivity contribution in [2.24, 2.45) is 0 Å². The van der Waals surface area contributed by atoms with Gasteiger partial charge in [-0.25, -0.2) is 4.79 Å². The predicted molar refractivity (Wildman–Crippen MR) is 39.8 cm³/mol. The molecule has 0 spiro atoms. The molecule has 68 valence electrons. The Morgan fingerprint density at radius 1 is 1.58 bits per heavy atom. The number of hydrogen-bond acceptors (Lipinski definition) is 5. The second-order valence-corrected chi connectivity index (χ2v) is 2.16. The van der Waals surface area contributed by atoms with Crippen LogP contribution in [0.1, 0.15) is 6.92 Å². The average molecular weight is 174 g/mol. The third-order valence-electron chi connectivity index (χ3n) is 0.939. The highest BCUT2D eigenvalue weighted by molar-refractivity contribution is 5.81. The first-order valence-corrected chi connectivity index (χ1v) is 3.05. The number of carbonyl (C=O) groups excluding carboxylic acids is 1. The van der Waals surface area contributed by atoms with E-state index < -0.39 is 17.5 Å². The van der Waals surface area contributed by atoms with E-state index in [4.69, 9.17) is 15.3 Å². The van der Waals surface area contributed by atoms with E-state index in [2.05, 4.69) is 11.3 Å². The summed E-state index contributed by atoms with van der Waals surface area (Å²) < 4.78 is 4.19. The van der Waals surface area contributed by atoms with Gasteiger partial charge >= 0.3 is 5.97 Å². The number of rotatable bonds is 3. The number of aliphatic hydroxyl groups excluding tert-OH is 1. The number of aliphatic hydroxyl groups is 3. The van der Waals surface area contributed by atoms with E-state index in [1.807, 2.05) is 0 Å².